The summed E-state index contributed by atoms with van der Waals surface area (Å²) in [4.78, 5) is 9.62. The second kappa shape index (κ2) is 18.7. The molecule has 0 spiro atoms. The van der Waals surface area contributed by atoms with E-state index in [0.717, 1.165) is 12.8 Å². The van der Waals surface area contributed by atoms with Crippen molar-refractivity contribution in [3.8, 4) is 0 Å². The summed E-state index contributed by atoms with van der Waals surface area (Å²) in [6.07, 6.45) is 10.9. The van der Waals surface area contributed by atoms with E-state index < -0.39 is 7.82 Å². The number of phosphoric acid groups is 1. The molecule has 0 bridgehead atoms. The number of hydrogen-bond donors (Lipinski definition) is 1. The first kappa shape index (κ1) is 27.0. The van der Waals surface area contributed by atoms with E-state index in [9.17, 15) is 9.46 Å². The smallest absolute Gasteiger partial charge is 0.377 e. The average molecular weight is 441 g/mol. The average Bonchev–Trinajstić information content (AvgIpc) is 2.70. The molecule has 9 heteroatoms. The van der Waals surface area contributed by atoms with E-state index in [1.165, 1.54) is 44.9 Å². The summed E-state index contributed by atoms with van der Waals surface area (Å²) in [5.74, 6) is 0. The molecule has 0 radical (unpaired) electrons. The molecule has 1 N–H and O–H groups in total. The molecule has 2 atom stereocenters. The molecule has 1 heterocycles. The molecular weight excluding hydrogens is 399 g/mol. The summed E-state index contributed by atoms with van der Waals surface area (Å²) in [5.41, 5.74) is 0. The number of unbranched alkanes of at least 4 members (excludes halogenated alkanes) is 7. The Morgan fingerprint density at radius 3 is 1.90 bits per heavy atom. The summed E-state index contributed by atoms with van der Waals surface area (Å²) in [6, 6.07) is 0. The standard InChI is InChI=1S/C20H41O8P/c1-2-3-4-5-6-7-8-9-10-20-19-25-14-13-23-11-12-24-15-17-27-29(21,22)28-18-16-26-20/h20H,2-19H2,1H3,(H,21,22). The van der Waals surface area contributed by atoms with E-state index >= 15 is 0 Å². The lowest BCUT2D eigenvalue weighted by Crippen LogP contribution is -2.23. The Bertz CT molecular complexity index is 410. The number of phosphoric ester groups is 1. The monoisotopic (exact) mass is 440 g/mol. The van der Waals surface area contributed by atoms with Crippen LogP contribution in [0.3, 0.4) is 0 Å². The van der Waals surface area contributed by atoms with Gasteiger partial charge in [0.05, 0.1) is 65.6 Å². The van der Waals surface area contributed by atoms with Crippen molar-refractivity contribution in [3.63, 3.8) is 0 Å². The van der Waals surface area contributed by atoms with Gasteiger partial charge in [-0.2, -0.15) is 0 Å². The molecule has 1 aliphatic heterocycles. The quantitative estimate of drug-likeness (QED) is 0.423. The minimum atomic E-state index is -4.08. The van der Waals surface area contributed by atoms with Gasteiger partial charge in [-0.05, 0) is 6.42 Å². The van der Waals surface area contributed by atoms with Crippen molar-refractivity contribution in [1.29, 1.82) is 0 Å². The summed E-state index contributed by atoms with van der Waals surface area (Å²) < 4.78 is 43.7. The maximum atomic E-state index is 11.8. The third-order valence-corrected chi connectivity index (χ3v) is 5.62. The Kier molecular flexibility index (Phi) is 17.4. The van der Waals surface area contributed by atoms with Gasteiger partial charge < -0.3 is 23.8 Å². The first-order valence-electron chi connectivity index (χ1n) is 11.1. The zero-order valence-corrected chi connectivity index (χ0v) is 19.0. The Hall–Kier alpha value is -0.0500. The second-order valence-corrected chi connectivity index (χ2v) is 8.64. The molecule has 2 unspecified atom stereocenters. The molecule has 174 valence electrons. The molecule has 8 nitrogen and oxygen atoms in total. The minimum absolute atomic E-state index is 0.00826. The van der Waals surface area contributed by atoms with Gasteiger partial charge in [-0.1, -0.05) is 58.3 Å². The van der Waals surface area contributed by atoms with Gasteiger partial charge in [0.15, 0.2) is 0 Å². The molecular formula is C20H41O8P. The number of ether oxygens (including phenoxy) is 4. The highest BCUT2D eigenvalue weighted by Crippen LogP contribution is 2.42. The highest BCUT2D eigenvalue weighted by Gasteiger charge is 2.21. The van der Waals surface area contributed by atoms with Crippen LogP contribution >= 0.6 is 7.82 Å². The van der Waals surface area contributed by atoms with Gasteiger partial charge in [0, 0.05) is 0 Å². The van der Waals surface area contributed by atoms with Gasteiger partial charge in [-0.15, -0.1) is 0 Å². The van der Waals surface area contributed by atoms with Crippen LogP contribution in [0, 0.1) is 0 Å². The largest absolute Gasteiger partial charge is 0.472 e. The lowest BCUT2D eigenvalue weighted by molar-refractivity contribution is -0.0449. The van der Waals surface area contributed by atoms with Gasteiger partial charge in [-0.25, -0.2) is 4.57 Å². The molecule has 29 heavy (non-hydrogen) atoms. The lowest BCUT2D eigenvalue weighted by Gasteiger charge is -2.19. The first-order chi connectivity index (χ1) is 14.1. The highest BCUT2D eigenvalue weighted by molar-refractivity contribution is 7.47. The van der Waals surface area contributed by atoms with E-state index in [2.05, 4.69) is 6.92 Å². The van der Waals surface area contributed by atoms with Gasteiger partial charge in [0.25, 0.3) is 0 Å². The van der Waals surface area contributed by atoms with Crippen molar-refractivity contribution in [1.82, 2.24) is 0 Å². The topological polar surface area (TPSA) is 92.7 Å². The molecule has 1 fully saturated rings. The normalized spacial score (nSPS) is 26.8. The lowest BCUT2D eigenvalue weighted by atomic mass is 10.1. The van der Waals surface area contributed by atoms with E-state index in [1.807, 2.05) is 0 Å². The Balaban J connectivity index is 2.28. The van der Waals surface area contributed by atoms with Crippen LogP contribution in [-0.4, -0.2) is 70.5 Å². The minimum Gasteiger partial charge on any atom is -0.377 e. The zero-order chi connectivity index (χ0) is 21.0. The van der Waals surface area contributed by atoms with Crippen molar-refractivity contribution in [2.24, 2.45) is 0 Å². The van der Waals surface area contributed by atoms with Crippen LogP contribution in [0.25, 0.3) is 0 Å². The molecule has 0 aromatic rings. The molecule has 1 aliphatic rings. The zero-order valence-electron chi connectivity index (χ0n) is 18.1. The van der Waals surface area contributed by atoms with Crippen molar-refractivity contribution < 1.29 is 37.5 Å². The van der Waals surface area contributed by atoms with Crippen LogP contribution in [0.2, 0.25) is 0 Å². The molecule has 0 aromatic heterocycles. The van der Waals surface area contributed by atoms with E-state index in [4.69, 9.17) is 28.0 Å². The summed E-state index contributed by atoms with van der Waals surface area (Å²) in [7, 11) is -4.08. The van der Waals surface area contributed by atoms with Crippen molar-refractivity contribution in [2.75, 3.05) is 59.5 Å². The molecule has 1 rings (SSSR count). The molecule has 0 saturated carbocycles. The molecule has 0 amide bonds. The van der Waals surface area contributed by atoms with E-state index in [0.29, 0.717) is 33.0 Å². The Labute approximate surface area is 176 Å². The predicted molar refractivity (Wildman–Crippen MR) is 111 cm³/mol. The SMILES string of the molecule is CCCCCCCCCCC1COCCOCCOCCOP(=O)(O)OCCO1. The van der Waals surface area contributed by atoms with Crippen LogP contribution in [0.4, 0.5) is 0 Å². The predicted octanol–water partition coefficient (Wildman–Crippen LogP) is 4.10. The van der Waals surface area contributed by atoms with E-state index in [1.54, 1.807) is 0 Å². The molecule has 1 saturated heterocycles. The molecule has 0 aliphatic carbocycles. The third kappa shape index (κ3) is 17.3. The van der Waals surface area contributed by atoms with Gasteiger partial charge in [0.2, 0.25) is 0 Å². The number of rotatable bonds is 9. The van der Waals surface area contributed by atoms with Gasteiger partial charge in [0.1, 0.15) is 0 Å². The Morgan fingerprint density at radius 1 is 0.724 bits per heavy atom. The maximum Gasteiger partial charge on any atom is 0.472 e. The first-order valence-corrected chi connectivity index (χ1v) is 12.6. The van der Waals surface area contributed by atoms with Crippen LogP contribution in [0.15, 0.2) is 0 Å². The summed E-state index contributed by atoms with van der Waals surface area (Å²) in [5, 5.41) is 0. The highest BCUT2D eigenvalue weighted by atomic mass is 31.2. The third-order valence-electron chi connectivity index (χ3n) is 4.60. The van der Waals surface area contributed by atoms with Crippen molar-refractivity contribution in [2.45, 2.75) is 70.8 Å². The van der Waals surface area contributed by atoms with E-state index in [-0.39, 0.29) is 32.5 Å². The Morgan fingerprint density at radius 2 is 1.24 bits per heavy atom. The van der Waals surface area contributed by atoms with Crippen molar-refractivity contribution in [3.05, 3.63) is 0 Å². The second-order valence-electron chi connectivity index (χ2n) is 7.19. The molecule has 0 aromatic carbocycles. The van der Waals surface area contributed by atoms with Gasteiger partial charge >= 0.3 is 7.82 Å². The number of hydrogen-bond acceptors (Lipinski definition) is 7. The van der Waals surface area contributed by atoms with Crippen LogP contribution in [0.5, 0.6) is 0 Å². The summed E-state index contributed by atoms with van der Waals surface area (Å²) >= 11 is 0. The van der Waals surface area contributed by atoms with Crippen LogP contribution in [0.1, 0.15) is 64.7 Å². The van der Waals surface area contributed by atoms with Crippen molar-refractivity contribution >= 4 is 7.82 Å². The van der Waals surface area contributed by atoms with Crippen LogP contribution < -0.4 is 0 Å². The van der Waals surface area contributed by atoms with Gasteiger partial charge in [-0.3, -0.25) is 9.05 Å². The fourth-order valence-electron chi connectivity index (χ4n) is 2.99. The fraction of sp³-hybridized carbons (Fsp3) is 1.00. The maximum absolute atomic E-state index is 11.8. The van der Waals surface area contributed by atoms with Crippen LogP contribution in [-0.2, 0) is 32.6 Å². The fourth-order valence-corrected chi connectivity index (χ4v) is 3.68. The summed E-state index contributed by atoms with van der Waals surface area (Å²) in [6.45, 7) is 4.93.